The van der Waals surface area contributed by atoms with Crippen LogP contribution in [0.1, 0.15) is 13.3 Å². The normalized spacial score (nSPS) is 11.5. The molecule has 0 radical (unpaired) electrons. The predicted molar refractivity (Wildman–Crippen MR) is 72.1 cm³/mol. The zero-order valence-electron chi connectivity index (χ0n) is 10.1. The molecule has 0 bridgehead atoms. The zero-order chi connectivity index (χ0) is 13.6. The van der Waals surface area contributed by atoms with E-state index in [1.54, 1.807) is 12.1 Å². The van der Waals surface area contributed by atoms with E-state index in [9.17, 15) is 8.42 Å². The summed E-state index contributed by atoms with van der Waals surface area (Å²) in [7, 11) is -3.79. The minimum Gasteiger partial charge on any atom is -0.492 e. The van der Waals surface area contributed by atoms with E-state index in [0.717, 1.165) is 0 Å². The summed E-state index contributed by atoms with van der Waals surface area (Å²) in [4.78, 5) is -0.0201. The van der Waals surface area contributed by atoms with Crippen molar-refractivity contribution >= 4 is 26.0 Å². The topological polar surface area (TPSA) is 78.6 Å². The van der Waals surface area contributed by atoms with Gasteiger partial charge < -0.3 is 9.47 Å². The number of sulfonamides is 1. The van der Waals surface area contributed by atoms with Gasteiger partial charge in [0.15, 0.2) is 0 Å². The number of rotatable bonds is 7. The van der Waals surface area contributed by atoms with Gasteiger partial charge in [-0.05, 0) is 25.1 Å². The highest BCUT2D eigenvalue weighted by Gasteiger charge is 2.15. The fourth-order valence-electron chi connectivity index (χ4n) is 1.31. The van der Waals surface area contributed by atoms with Crippen molar-refractivity contribution in [3.63, 3.8) is 0 Å². The van der Waals surface area contributed by atoms with Gasteiger partial charge in [0.1, 0.15) is 10.6 Å². The van der Waals surface area contributed by atoms with Crippen LogP contribution in [0.2, 0.25) is 0 Å². The standard InChI is InChI=1S/C11H16BrNO4S/c1-2-16-6-3-7-17-10-5-4-9(12)8-11(10)18(13,14)15/h4-5,8H,2-3,6-7H2,1H3,(H2,13,14,15). The van der Waals surface area contributed by atoms with Crippen molar-refractivity contribution in [2.24, 2.45) is 5.14 Å². The van der Waals surface area contributed by atoms with Crippen molar-refractivity contribution in [2.45, 2.75) is 18.2 Å². The summed E-state index contributed by atoms with van der Waals surface area (Å²) in [5.41, 5.74) is 0. The van der Waals surface area contributed by atoms with Gasteiger partial charge in [0.05, 0.1) is 6.61 Å². The number of ether oxygens (including phenoxy) is 2. The Morgan fingerprint density at radius 1 is 1.33 bits per heavy atom. The third-order valence-electron chi connectivity index (χ3n) is 2.11. The lowest BCUT2D eigenvalue weighted by Gasteiger charge is -2.10. The van der Waals surface area contributed by atoms with Crippen LogP contribution in [0.4, 0.5) is 0 Å². The van der Waals surface area contributed by atoms with Gasteiger partial charge in [-0.15, -0.1) is 0 Å². The van der Waals surface area contributed by atoms with Crippen LogP contribution in [0.25, 0.3) is 0 Å². The van der Waals surface area contributed by atoms with Gasteiger partial charge in [0, 0.05) is 24.1 Å². The molecular formula is C11H16BrNO4S. The Morgan fingerprint density at radius 2 is 2.06 bits per heavy atom. The molecule has 1 aromatic rings. The SMILES string of the molecule is CCOCCCOc1ccc(Br)cc1S(N)(=O)=O. The van der Waals surface area contributed by atoms with Gasteiger partial charge in [0.2, 0.25) is 10.0 Å². The van der Waals surface area contributed by atoms with E-state index in [2.05, 4.69) is 15.9 Å². The quantitative estimate of drug-likeness (QED) is 0.770. The van der Waals surface area contributed by atoms with Crippen molar-refractivity contribution in [1.29, 1.82) is 0 Å². The number of halogens is 1. The number of nitrogens with two attached hydrogens (primary N) is 1. The zero-order valence-corrected chi connectivity index (χ0v) is 12.5. The van der Waals surface area contributed by atoms with E-state index in [1.165, 1.54) is 6.07 Å². The maximum Gasteiger partial charge on any atom is 0.241 e. The van der Waals surface area contributed by atoms with Crippen molar-refractivity contribution < 1.29 is 17.9 Å². The second kappa shape index (κ2) is 7.08. The van der Waals surface area contributed by atoms with Crippen LogP contribution in [0.5, 0.6) is 5.75 Å². The fraction of sp³-hybridized carbons (Fsp3) is 0.455. The molecule has 1 rings (SSSR count). The van der Waals surface area contributed by atoms with E-state index < -0.39 is 10.0 Å². The smallest absolute Gasteiger partial charge is 0.241 e. The average Bonchev–Trinajstić information content (AvgIpc) is 2.29. The average molecular weight is 338 g/mol. The van der Waals surface area contributed by atoms with Crippen LogP contribution in [0.3, 0.4) is 0 Å². The third kappa shape index (κ3) is 4.93. The molecule has 0 heterocycles. The lowest BCUT2D eigenvalue weighted by Crippen LogP contribution is -2.14. The third-order valence-corrected chi connectivity index (χ3v) is 3.53. The molecular weight excluding hydrogens is 322 g/mol. The highest BCUT2D eigenvalue weighted by Crippen LogP contribution is 2.26. The van der Waals surface area contributed by atoms with Crippen LogP contribution in [0, 0.1) is 0 Å². The van der Waals surface area contributed by atoms with Crippen LogP contribution in [-0.2, 0) is 14.8 Å². The second-order valence-corrected chi connectivity index (χ2v) is 5.98. The summed E-state index contributed by atoms with van der Waals surface area (Å²) in [5.74, 6) is 0.261. The van der Waals surface area contributed by atoms with Crippen LogP contribution < -0.4 is 9.88 Å². The van der Waals surface area contributed by atoms with Crippen LogP contribution in [0.15, 0.2) is 27.6 Å². The summed E-state index contributed by atoms with van der Waals surface area (Å²) in [6.07, 6.45) is 0.688. The molecule has 0 aliphatic carbocycles. The maximum absolute atomic E-state index is 11.4. The van der Waals surface area contributed by atoms with Gasteiger partial charge in [-0.2, -0.15) is 0 Å². The van der Waals surface area contributed by atoms with E-state index in [-0.39, 0.29) is 10.6 Å². The first kappa shape index (κ1) is 15.4. The maximum atomic E-state index is 11.4. The van der Waals surface area contributed by atoms with Gasteiger partial charge in [-0.3, -0.25) is 0 Å². The molecule has 0 aliphatic heterocycles. The molecule has 5 nitrogen and oxygen atoms in total. The molecule has 18 heavy (non-hydrogen) atoms. The Labute approximate surface area is 115 Å². The lowest BCUT2D eigenvalue weighted by atomic mass is 10.3. The summed E-state index contributed by atoms with van der Waals surface area (Å²) in [6.45, 7) is 3.53. The minimum absolute atomic E-state index is 0.0201. The van der Waals surface area contributed by atoms with E-state index in [1.807, 2.05) is 6.92 Å². The lowest BCUT2D eigenvalue weighted by molar-refractivity contribution is 0.130. The molecule has 0 amide bonds. The molecule has 102 valence electrons. The summed E-state index contributed by atoms with van der Waals surface area (Å²) in [5, 5.41) is 5.13. The number of benzene rings is 1. The van der Waals surface area contributed by atoms with Gasteiger partial charge >= 0.3 is 0 Å². The van der Waals surface area contributed by atoms with Crippen molar-refractivity contribution in [3.05, 3.63) is 22.7 Å². The van der Waals surface area contributed by atoms with Crippen molar-refractivity contribution in [3.8, 4) is 5.75 Å². The molecule has 2 N–H and O–H groups in total. The fourth-order valence-corrected chi connectivity index (χ4v) is 2.52. The second-order valence-electron chi connectivity index (χ2n) is 3.54. The largest absolute Gasteiger partial charge is 0.492 e. The molecule has 0 aromatic heterocycles. The first-order chi connectivity index (χ1) is 8.45. The number of primary sulfonamides is 1. The minimum atomic E-state index is -3.79. The van der Waals surface area contributed by atoms with Crippen LogP contribution in [-0.4, -0.2) is 28.2 Å². The highest BCUT2D eigenvalue weighted by atomic mass is 79.9. The van der Waals surface area contributed by atoms with Crippen LogP contribution >= 0.6 is 15.9 Å². The van der Waals surface area contributed by atoms with Crippen molar-refractivity contribution in [2.75, 3.05) is 19.8 Å². The van der Waals surface area contributed by atoms with Gasteiger partial charge in [-0.1, -0.05) is 15.9 Å². The Hall–Kier alpha value is -0.630. The Bertz CT molecular complexity index is 490. The first-order valence-electron chi connectivity index (χ1n) is 5.48. The molecule has 0 saturated carbocycles. The van der Waals surface area contributed by atoms with Gasteiger partial charge in [-0.25, -0.2) is 13.6 Å². The summed E-state index contributed by atoms with van der Waals surface area (Å²) in [6, 6.07) is 4.70. The molecule has 0 aliphatic rings. The Morgan fingerprint density at radius 3 is 2.67 bits per heavy atom. The van der Waals surface area contributed by atoms with Crippen molar-refractivity contribution in [1.82, 2.24) is 0 Å². The molecule has 0 saturated heterocycles. The predicted octanol–water partition coefficient (Wildman–Crippen LogP) is 1.90. The van der Waals surface area contributed by atoms with E-state index in [4.69, 9.17) is 14.6 Å². The Balaban J connectivity index is 2.71. The molecule has 1 aromatic carbocycles. The number of hydrogen-bond donors (Lipinski definition) is 1. The molecule has 0 atom stereocenters. The number of hydrogen-bond acceptors (Lipinski definition) is 4. The molecule has 0 spiro atoms. The van der Waals surface area contributed by atoms with E-state index >= 15 is 0 Å². The van der Waals surface area contributed by atoms with Gasteiger partial charge in [0.25, 0.3) is 0 Å². The first-order valence-corrected chi connectivity index (χ1v) is 7.82. The molecule has 0 fully saturated rings. The summed E-state index contributed by atoms with van der Waals surface area (Å²) >= 11 is 3.20. The molecule has 7 heteroatoms. The Kier molecular flexibility index (Phi) is 6.07. The monoisotopic (exact) mass is 337 g/mol. The van der Waals surface area contributed by atoms with E-state index in [0.29, 0.717) is 30.7 Å². The molecule has 0 unspecified atom stereocenters. The summed E-state index contributed by atoms with van der Waals surface area (Å²) < 4.78 is 34.0. The highest BCUT2D eigenvalue weighted by molar-refractivity contribution is 9.10.